The Morgan fingerprint density at radius 2 is 1.81 bits per heavy atom. The zero-order valence-corrected chi connectivity index (χ0v) is 10.7. The second-order valence-corrected chi connectivity index (χ2v) is 4.16. The van der Waals surface area contributed by atoms with E-state index >= 15 is 0 Å². The zero-order chi connectivity index (χ0) is 12.1. The van der Waals surface area contributed by atoms with Gasteiger partial charge in [0.2, 0.25) is 0 Å². The third-order valence-electron chi connectivity index (χ3n) is 3.19. The van der Waals surface area contributed by atoms with Crippen molar-refractivity contribution in [1.29, 1.82) is 0 Å². The lowest BCUT2D eigenvalue weighted by atomic mass is 10.0. The average Bonchev–Trinajstić information content (AvgIpc) is 2.36. The molecule has 0 heterocycles. The van der Waals surface area contributed by atoms with Crippen LogP contribution in [0.2, 0.25) is 0 Å². The number of carbonyl (C=O) groups is 1. The number of benzene rings is 1. The quantitative estimate of drug-likeness (QED) is 0.710. The number of carbonyl (C=O) groups excluding carboxylic acids is 1. The Morgan fingerprint density at radius 3 is 2.25 bits per heavy atom. The number of ketones is 1. The van der Waals surface area contributed by atoms with E-state index in [-0.39, 0.29) is 11.8 Å². The van der Waals surface area contributed by atoms with Gasteiger partial charge in [-0.2, -0.15) is 0 Å². The Labute approximate surface area is 98.3 Å². The average molecular weight is 219 g/mol. The molecule has 0 bridgehead atoms. The summed E-state index contributed by atoms with van der Waals surface area (Å²) in [5, 5.41) is 0. The third-order valence-corrected chi connectivity index (χ3v) is 3.19. The molecule has 0 aliphatic rings. The molecule has 1 atom stereocenters. The van der Waals surface area contributed by atoms with Crippen molar-refractivity contribution in [2.75, 3.05) is 13.6 Å². The van der Waals surface area contributed by atoms with E-state index in [0.29, 0.717) is 0 Å². The lowest BCUT2D eigenvalue weighted by Gasteiger charge is -2.21. The normalized spacial score (nSPS) is 12.8. The fourth-order valence-electron chi connectivity index (χ4n) is 1.62. The highest BCUT2D eigenvalue weighted by Crippen LogP contribution is 2.10. The summed E-state index contributed by atoms with van der Waals surface area (Å²) < 4.78 is 0. The van der Waals surface area contributed by atoms with Crippen LogP contribution in [0.1, 0.15) is 36.7 Å². The van der Waals surface area contributed by atoms with Gasteiger partial charge in [-0.25, -0.2) is 0 Å². The van der Waals surface area contributed by atoms with Gasteiger partial charge in [-0.1, -0.05) is 38.1 Å². The summed E-state index contributed by atoms with van der Waals surface area (Å²) in [6, 6.07) is 7.89. The van der Waals surface area contributed by atoms with E-state index in [1.807, 2.05) is 38.2 Å². The molecular weight excluding hydrogens is 198 g/mol. The standard InChI is InChI=1S/C14H21NO/c1-5-12-7-9-13(10-8-12)14(16)11(3)15(4)6-2/h7-11H,5-6H2,1-4H3. The molecule has 0 aliphatic carbocycles. The zero-order valence-electron chi connectivity index (χ0n) is 10.7. The third kappa shape index (κ3) is 2.92. The Morgan fingerprint density at radius 1 is 1.25 bits per heavy atom. The van der Waals surface area contributed by atoms with Crippen molar-refractivity contribution in [3.05, 3.63) is 35.4 Å². The number of nitrogens with zero attached hydrogens (tertiary/aromatic N) is 1. The van der Waals surface area contributed by atoms with Gasteiger partial charge < -0.3 is 0 Å². The van der Waals surface area contributed by atoms with E-state index in [9.17, 15) is 4.79 Å². The van der Waals surface area contributed by atoms with Crippen LogP contribution in [0, 0.1) is 0 Å². The molecule has 0 aliphatic heterocycles. The largest absolute Gasteiger partial charge is 0.297 e. The van der Waals surface area contributed by atoms with Crippen molar-refractivity contribution in [2.45, 2.75) is 33.2 Å². The molecule has 0 amide bonds. The molecule has 1 unspecified atom stereocenters. The minimum Gasteiger partial charge on any atom is -0.297 e. The van der Waals surface area contributed by atoms with E-state index in [4.69, 9.17) is 0 Å². The van der Waals surface area contributed by atoms with Crippen LogP contribution in [-0.2, 0) is 6.42 Å². The predicted molar refractivity (Wildman–Crippen MR) is 67.9 cm³/mol. The Kier molecular flexibility index (Phi) is 4.69. The van der Waals surface area contributed by atoms with Crippen LogP contribution in [0.25, 0.3) is 0 Å². The molecule has 16 heavy (non-hydrogen) atoms. The topological polar surface area (TPSA) is 20.3 Å². The van der Waals surface area contributed by atoms with Gasteiger partial charge in [0.15, 0.2) is 5.78 Å². The number of hydrogen-bond acceptors (Lipinski definition) is 2. The highest BCUT2D eigenvalue weighted by Gasteiger charge is 2.17. The van der Waals surface area contributed by atoms with Gasteiger partial charge in [0.05, 0.1) is 6.04 Å². The lowest BCUT2D eigenvalue weighted by Crippen LogP contribution is -2.35. The molecule has 0 N–H and O–H groups in total. The van der Waals surface area contributed by atoms with Crippen molar-refractivity contribution in [1.82, 2.24) is 4.90 Å². The van der Waals surface area contributed by atoms with Crippen LogP contribution in [0.3, 0.4) is 0 Å². The molecule has 1 aromatic rings. The van der Waals surface area contributed by atoms with Crippen LogP contribution >= 0.6 is 0 Å². The van der Waals surface area contributed by atoms with Crippen LogP contribution < -0.4 is 0 Å². The summed E-state index contributed by atoms with van der Waals surface area (Å²) in [6.45, 7) is 7.02. The second-order valence-electron chi connectivity index (χ2n) is 4.16. The van der Waals surface area contributed by atoms with Gasteiger partial charge in [-0.15, -0.1) is 0 Å². The van der Waals surface area contributed by atoms with Gasteiger partial charge >= 0.3 is 0 Å². The first-order valence-electron chi connectivity index (χ1n) is 5.93. The van der Waals surface area contributed by atoms with Crippen LogP contribution in [0.15, 0.2) is 24.3 Å². The number of hydrogen-bond donors (Lipinski definition) is 0. The first kappa shape index (κ1) is 12.9. The first-order valence-corrected chi connectivity index (χ1v) is 5.93. The number of Topliss-reactive ketones (excluding diaryl/α,β-unsaturated/α-hetero) is 1. The smallest absolute Gasteiger partial charge is 0.179 e. The van der Waals surface area contributed by atoms with E-state index in [2.05, 4.69) is 18.7 Å². The molecule has 88 valence electrons. The summed E-state index contributed by atoms with van der Waals surface area (Å²) >= 11 is 0. The molecule has 2 heteroatoms. The SMILES string of the molecule is CCc1ccc(C(=O)C(C)N(C)CC)cc1. The van der Waals surface area contributed by atoms with Crippen molar-refractivity contribution in [2.24, 2.45) is 0 Å². The minimum absolute atomic E-state index is 0.0440. The number of likely N-dealkylation sites (N-methyl/N-ethyl adjacent to an activating group) is 1. The van der Waals surface area contributed by atoms with Crippen LogP contribution in [0.4, 0.5) is 0 Å². The molecule has 0 aromatic heterocycles. The van der Waals surface area contributed by atoms with Crippen molar-refractivity contribution in [3.8, 4) is 0 Å². The van der Waals surface area contributed by atoms with Gasteiger partial charge in [0.1, 0.15) is 0 Å². The van der Waals surface area contributed by atoms with E-state index < -0.39 is 0 Å². The highest BCUT2D eigenvalue weighted by atomic mass is 16.1. The molecule has 0 saturated heterocycles. The fourth-order valence-corrected chi connectivity index (χ4v) is 1.62. The molecule has 0 radical (unpaired) electrons. The molecule has 2 nitrogen and oxygen atoms in total. The number of rotatable bonds is 5. The van der Waals surface area contributed by atoms with E-state index in [1.165, 1.54) is 5.56 Å². The summed E-state index contributed by atoms with van der Waals surface area (Å²) in [6.07, 6.45) is 1.01. The Balaban J connectivity index is 2.80. The van der Waals surface area contributed by atoms with Crippen molar-refractivity contribution >= 4 is 5.78 Å². The molecule has 1 rings (SSSR count). The maximum absolute atomic E-state index is 12.1. The fraction of sp³-hybridized carbons (Fsp3) is 0.500. The molecule has 0 saturated carbocycles. The Bertz CT molecular complexity index is 342. The maximum atomic E-state index is 12.1. The maximum Gasteiger partial charge on any atom is 0.179 e. The van der Waals surface area contributed by atoms with Crippen LogP contribution in [0.5, 0.6) is 0 Å². The Hall–Kier alpha value is -1.15. The predicted octanol–water partition coefficient (Wildman–Crippen LogP) is 2.77. The minimum atomic E-state index is -0.0440. The first-order chi connectivity index (χ1) is 7.60. The summed E-state index contributed by atoms with van der Waals surface area (Å²) in [4.78, 5) is 14.2. The molecule has 0 fully saturated rings. The molecule has 0 spiro atoms. The van der Waals surface area contributed by atoms with E-state index in [0.717, 1.165) is 18.5 Å². The van der Waals surface area contributed by atoms with Gasteiger partial charge in [0, 0.05) is 5.56 Å². The van der Waals surface area contributed by atoms with Gasteiger partial charge in [0.25, 0.3) is 0 Å². The molecule has 1 aromatic carbocycles. The second kappa shape index (κ2) is 5.80. The van der Waals surface area contributed by atoms with Crippen molar-refractivity contribution < 1.29 is 4.79 Å². The van der Waals surface area contributed by atoms with Gasteiger partial charge in [-0.3, -0.25) is 9.69 Å². The monoisotopic (exact) mass is 219 g/mol. The lowest BCUT2D eigenvalue weighted by molar-refractivity contribution is 0.0874. The highest BCUT2D eigenvalue weighted by molar-refractivity contribution is 5.99. The summed E-state index contributed by atoms with van der Waals surface area (Å²) in [7, 11) is 1.98. The van der Waals surface area contributed by atoms with Crippen molar-refractivity contribution in [3.63, 3.8) is 0 Å². The summed E-state index contributed by atoms with van der Waals surface area (Å²) in [5.41, 5.74) is 2.08. The van der Waals surface area contributed by atoms with Crippen LogP contribution in [-0.4, -0.2) is 30.3 Å². The molecular formula is C14H21NO. The summed E-state index contributed by atoms with van der Waals surface area (Å²) in [5.74, 6) is 0.201. The van der Waals surface area contributed by atoms with E-state index in [1.54, 1.807) is 0 Å². The number of aryl methyl sites for hydroxylation is 1. The van der Waals surface area contributed by atoms with Gasteiger partial charge in [-0.05, 0) is 32.5 Å².